The van der Waals surface area contributed by atoms with E-state index in [-0.39, 0.29) is 11.8 Å². The van der Waals surface area contributed by atoms with Crippen molar-refractivity contribution in [2.24, 2.45) is 5.92 Å². The van der Waals surface area contributed by atoms with Gasteiger partial charge < -0.3 is 14.5 Å². The zero-order valence-electron chi connectivity index (χ0n) is 13.9. The normalized spacial score (nSPS) is 13.1. The van der Waals surface area contributed by atoms with Crippen molar-refractivity contribution < 1.29 is 18.7 Å². The Labute approximate surface area is 126 Å². The van der Waals surface area contributed by atoms with Crippen LogP contribution in [0.5, 0.6) is 0 Å². The van der Waals surface area contributed by atoms with E-state index in [1.807, 2.05) is 13.8 Å². The Balaban J connectivity index is 2.86. The topological polar surface area (TPSA) is 68.5 Å². The van der Waals surface area contributed by atoms with Crippen LogP contribution in [0.1, 0.15) is 56.5 Å². The fraction of sp³-hybridized carbons (Fsp3) is 0.625. The van der Waals surface area contributed by atoms with E-state index in [1.165, 1.54) is 0 Å². The van der Waals surface area contributed by atoms with Gasteiger partial charge in [0.2, 0.25) is 0 Å². The van der Waals surface area contributed by atoms with Crippen molar-refractivity contribution >= 4 is 11.9 Å². The Kier molecular flexibility index (Phi) is 5.20. The van der Waals surface area contributed by atoms with Crippen LogP contribution in [0.3, 0.4) is 0 Å². The smallest absolute Gasteiger partial charge is 0.329 e. The second-order valence-electron chi connectivity index (χ2n) is 6.56. The molecule has 0 aromatic carbocycles. The van der Waals surface area contributed by atoms with Crippen LogP contribution in [-0.2, 0) is 9.53 Å². The summed E-state index contributed by atoms with van der Waals surface area (Å²) in [6, 6.07) is 0.975. The van der Waals surface area contributed by atoms with Gasteiger partial charge in [-0.1, -0.05) is 13.8 Å². The van der Waals surface area contributed by atoms with Crippen molar-refractivity contribution in [3.63, 3.8) is 0 Å². The van der Waals surface area contributed by atoms with Gasteiger partial charge in [0.15, 0.2) is 0 Å². The molecule has 118 valence electrons. The van der Waals surface area contributed by atoms with Crippen molar-refractivity contribution in [3.8, 4) is 0 Å². The van der Waals surface area contributed by atoms with Crippen LogP contribution >= 0.6 is 0 Å². The van der Waals surface area contributed by atoms with E-state index in [0.717, 1.165) is 0 Å². The minimum atomic E-state index is -0.689. The molecule has 1 heterocycles. The van der Waals surface area contributed by atoms with Crippen LogP contribution < -0.4 is 5.32 Å². The predicted octanol–water partition coefficient (Wildman–Crippen LogP) is 2.99. The third-order valence-electron chi connectivity index (χ3n) is 2.90. The largest absolute Gasteiger partial charge is 0.466 e. The third-order valence-corrected chi connectivity index (χ3v) is 2.90. The van der Waals surface area contributed by atoms with Crippen molar-refractivity contribution in [1.29, 1.82) is 0 Å². The SMILES string of the molecule is Cc1cc(C(=O)N[C@@H](C(=O)OC(C)(C)C)C(C)C)c(C)o1. The van der Waals surface area contributed by atoms with Gasteiger partial charge >= 0.3 is 5.97 Å². The number of nitrogens with one attached hydrogen (secondary N) is 1. The minimum absolute atomic E-state index is 0.0721. The molecule has 0 aliphatic carbocycles. The van der Waals surface area contributed by atoms with E-state index in [1.54, 1.807) is 40.7 Å². The van der Waals surface area contributed by atoms with Crippen LogP contribution in [0.4, 0.5) is 0 Å². The van der Waals surface area contributed by atoms with Gasteiger partial charge in [0.1, 0.15) is 23.2 Å². The highest BCUT2D eigenvalue weighted by Crippen LogP contribution is 2.16. The molecule has 1 N–H and O–H groups in total. The van der Waals surface area contributed by atoms with Gasteiger partial charge in [-0.25, -0.2) is 4.79 Å². The van der Waals surface area contributed by atoms with Gasteiger partial charge in [0, 0.05) is 0 Å². The first kappa shape index (κ1) is 17.3. The number of aryl methyl sites for hydroxylation is 2. The summed E-state index contributed by atoms with van der Waals surface area (Å²) < 4.78 is 10.7. The highest BCUT2D eigenvalue weighted by atomic mass is 16.6. The summed E-state index contributed by atoms with van der Waals surface area (Å²) in [5.41, 5.74) is -0.140. The predicted molar refractivity (Wildman–Crippen MR) is 80.1 cm³/mol. The van der Waals surface area contributed by atoms with E-state index in [4.69, 9.17) is 9.15 Å². The highest BCUT2D eigenvalue weighted by molar-refractivity contribution is 5.97. The monoisotopic (exact) mass is 295 g/mol. The summed E-state index contributed by atoms with van der Waals surface area (Å²) in [5, 5.41) is 2.74. The van der Waals surface area contributed by atoms with Gasteiger partial charge in [-0.15, -0.1) is 0 Å². The second kappa shape index (κ2) is 6.33. The molecule has 1 amide bonds. The molecular formula is C16H25NO4. The molecule has 0 saturated carbocycles. The number of esters is 1. The van der Waals surface area contributed by atoms with Gasteiger partial charge in [-0.3, -0.25) is 4.79 Å². The Morgan fingerprint density at radius 3 is 2.19 bits per heavy atom. The lowest BCUT2D eigenvalue weighted by molar-refractivity contribution is -0.158. The van der Waals surface area contributed by atoms with E-state index in [0.29, 0.717) is 17.1 Å². The maximum Gasteiger partial charge on any atom is 0.329 e. The molecule has 0 aliphatic heterocycles. The maximum absolute atomic E-state index is 12.3. The third kappa shape index (κ3) is 4.92. The molecule has 1 atom stereocenters. The molecule has 0 aliphatic rings. The molecule has 0 bridgehead atoms. The second-order valence-corrected chi connectivity index (χ2v) is 6.56. The lowest BCUT2D eigenvalue weighted by atomic mass is 10.0. The quantitative estimate of drug-likeness (QED) is 0.867. The Bertz CT molecular complexity index is 523. The van der Waals surface area contributed by atoms with E-state index >= 15 is 0 Å². The van der Waals surface area contributed by atoms with E-state index in [9.17, 15) is 9.59 Å². The summed E-state index contributed by atoms with van der Waals surface area (Å²) >= 11 is 0. The highest BCUT2D eigenvalue weighted by Gasteiger charge is 2.30. The first-order valence-electron chi connectivity index (χ1n) is 7.12. The molecule has 0 saturated heterocycles. The molecule has 21 heavy (non-hydrogen) atoms. The number of amides is 1. The maximum atomic E-state index is 12.3. The number of furan rings is 1. The van der Waals surface area contributed by atoms with E-state index < -0.39 is 17.6 Å². The van der Waals surface area contributed by atoms with E-state index in [2.05, 4.69) is 5.32 Å². The molecular weight excluding hydrogens is 270 g/mol. The summed E-state index contributed by atoms with van der Waals surface area (Å²) in [5.74, 6) is 0.377. The van der Waals surface area contributed by atoms with Crippen LogP contribution in [0.2, 0.25) is 0 Å². The molecule has 0 spiro atoms. The molecule has 5 nitrogen and oxygen atoms in total. The van der Waals surface area contributed by atoms with Crippen molar-refractivity contribution in [3.05, 3.63) is 23.2 Å². The summed E-state index contributed by atoms with van der Waals surface area (Å²) in [4.78, 5) is 24.5. The lowest BCUT2D eigenvalue weighted by Gasteiger charge is -2.26. The van der Waals surface area contributed by atoms with Gasteiger partial charge in [-0.2, -0.15) is 0 Å². The van der Waals surface area contributed by atoms with Crippen LogP contribution in [-0.4, -0.2) is 23.5 Å². The summed E-state index contributed by atoms with van der Waals surface area (Å²) in [6.45, 7) is 12.6. The first-order valence-corrected chi connectivity index (χ1v) is 7.12. The zero-order chi connectivity index (χ0) is 16.4. The summed E-state index contributed by atoms with van der Waals surface area (Å²) in [6.07, 6.45) is 0. The number of carbonyl (C=O) groups is 2. The number of ether oxygens (including phenoxy) is 1. The average molecular weight is 295 g/mol. The van der Waals surface area contributed by atoms with Gasteiger partial charge in [0.25, 0.3) is 5.91 Å². The zero-order valence-corrected chi connectivity index (χ0v) is 13.9. The number of hydrogen-bond donors (Lipinski definition) is 1. The van der Waals surface area contributed by atoms with Crippen molar-refractivity contribution in [2.45, 2.75) is 60.1 Å². The fourth-order valence-corrected chi connectivity index (χ4v) is 1.94. The standard InChI is InChI=1S/C16H25NO4/c1-9(2)13(15(19)21-16(5,6)7)17-14(18)12-8-10(3)20-11(12)4/h8-9,13H,1-7H3,(H,17,18)/t13-/m1/s1. The minimum Gasteiger partial charge on any atom is -0.466 e. The van der Waals surface area contributed by atoms with Crippen molar-refractivity contribution in [2.75, 3.05) is 0 Å². The molecule has 1 aromatic heterocycles. The Hall–Kier alpha value is -1.78. The molecule has 0 fully saturated rings. The van der Waals surface area contributed by atoms with Crippen molar-refractivity contribution in [1.82, 2.24) is 5.32 Å². The van der Waals surface area contributed by atoms with Gasteiger partial charge in [-0.05, 0) is 46.6 Å². The Morgan fingerprint density at radius 1 is 1.24 bits per heavy atom. The average Bonchev–Trinajstić information content (AvgIpc) is 2.62. The van der Waals surface area contributed by atoms with Crippen LogP contribution in [0.15, 0.2) is 10.5 Å². The van der Waals surface area contributed by atoms with Gasteiger partial charge in [0.05, 0.1) is 5.56 Å². The fourth-order valence-electron chi connectivity index (χ4n) is 1.94. The van der Waals surface area contributed by atoms with Crippen LogP contribution in [0.25, 0.3) is 0 Å². The number of rotatable bonds is 4. The molecule has 5 heteroatoms. The van der Waals surface area contributed by atoms with Crippen LogP contribution in [0, 0.1) is 19.8 Å². The Morgan fingerprint density at radius 2 is 1.81 bits per heavy atom. The molecule has 0 radical (unpaired) electrons. The number of hydrogen-bond acceptors (Lipinski definition) is 4. The molecule has 1 rings (SSSR count). The molecule has 0 unspecified atom stereocenters. The summed E-state index contributed by atoms with van der Waals surface area (Å²) in [7, 11) is 0. The number of carbonyl (C=O) groups excluding carboxylic acids is 2. The lowest BCUT2D eigenvalue weighted by Crippen LogP contribution is -2.47. The first-order chi connectivity index (χ1) is 9.51. The molecule has 1 aromatic rings.